The number of nitrogens with zero attached hydrogens (tertiary/aromatic N) is 2. The molecule has 2 aromatic rings. The van der Waals surface area contributed by atoms with Crippen molar-refractivity contribution < 1.29 is 8.42 Å². The second-order valence-corrected chi connectivity index (χ2v) is 7.53. The molecule has 1 heterocycles. The molecule has 0 aliphatic rings. The first-order valence-corrected chi connectivity index (χ1v) is 8.80. The number of aryl methyl sites for hydroxylation is 1. The van der Waals surface area contributed by atoms with E-state index in [-0.39, 0.29) is 10.0 Å². The lowest BCUT2D eigenvalue weighted by atomic mass is 10.3. The summed E-state index contributed by atoms with van der Waals surface area (Å²) in [5, 5.41) is 4.20. The van der Waals surface area contributed by atoms with Crippen molar-refractivity contribution in [1.29, 1.82) is 0 Å². The first kappa shape index (κ1) is 14.8. The summed E-state index contributed by atoms with van der Waals surface area (Å²) in [5.41, 5.74) is 1.00. The topological polar surface area (TPSA) is 52.0 Å². The van der Waals surface area contributed by atoms with Gasteiger partial charge in [-0.25, -0.2) is 13.1 Å². The Balaban J connectivity index is 2.71. The van der Waals surface area contributed by atoms with E-state index in [1.165, 1.54) is 4.68 Å². The standard InChI is InChI=1S/C11H9BrCl2N2O2S/c1-2-9-10(19(14,17)18)11(13)16(15-9)8-5-3-4-7(12)6-8/h3-6H,2H2,1H3. The molecule has 1 aromatic carbocycles. The predicted molar refractivity (Wildman–Crippen MR) is 78.7 cm³/mol. The minimum atomic E-state index is -3.93. The van der Waals surface area contributed by atoms with E-state index in [1.54, 1.807) is 25.1 Å². The van der Waals surface area contributed by atoms with Gasteiger partial charge in [0.2, 0.25) is 0 Å². The second kappa shape index (κ2) is 5.44. The van der Waals surface area contributed by atoms with Crippen LogP contribution in [0.15, 0.2) is 33.6 Å². The molecule has 19 heavy (non-hydrogen) atoms. The molecule has 2 rings (SSSR count). The smallest absolute Gasteiger partial charge is 0.220 e. The normalized spacial score (nSPS) is 11.8. The molecular formula is C11H9BrCl2N2O2S. The molecule has 0 spiro atoms. The van der Waals surface area contributed by atoms with Gasteiger partial charge in [-0.15, -0.1) is 0 Å². The van der Waals surface area contributed by atoms with Crippen LogP contribution in [0.2, 0.25) is 5.15 Å². The van der Waals surface area contributed by atoms with Gasteiger partial charge in [-0.3, -0.25) is 0 Å². The summed E-state index contributed by atoms with van der Waals surface area (Å²) in [5.74, 6) is 0. The monoisotopic (exact) mass is 382 g/mol. The van der Waals surface area contributed by atoms with Crippen LogP contribution in [-0.2, 0) is 15.5 Å². The molecule has 0 fully saturated rings. The van der Waals surface area contributed by atoms with E-state index in [4.69, 9.17) is 22.3 Å². The Labute approximate surface area is 128 Å². The zero-order valence-corrected chi connectivity index (χ0v) is 13.7. The fraction of sp³-hybridized carbons (Fsp3) is 0.182. The minimum absolute atomic E-state index is 0.00931. The number of rotatable bonds is 3. The summed E-state index contributed by atoms with van der Waals surface area (Å²) >= 11 is 9.44. The van der Waals surface area contributed by atoms with E-state index in [0.29, 0.717) is 17.8 Å². The highest BCUT2D eigenvalue weighted by atomic mass is 79.9. The van der Waals surface area contributed by atoms with Crippen LogP contribution >= 0.6 is 38.2 Å². The molecule has 0 bridgehead atoms. The molecule has 0 radical (unpaired) electrons. The largest absolute Gasteiger partial charge is 0.266 e. The number of hydrogen-bond acceptors (Lipinski definition) is 3. The predicted octanol–water partition coefficient (Wildman–Crippen LogP) is 3.78. The van der Waals surface area contributed by atoms with Crippen molar-refractivity contribution in [3.05, 3.63) is 39.6 Å². The quantitative estimate of drug-likeness (QED) is 0.758. The van der Waals surface area contributed by atoms with E-state index >= 15 is 0 Å². The molecule has 0 aliphatic heterocycles. The van der Waals surface area contributed by atoms with Gasteiger partial charge in [-0.1, -0.05) is 40.5 Å². The maximum Gasteiger partial charge on any atom is 0.266 e. The highest BCUT2D eigenvalue weighted by molar-refractivity contribution is 9.10. The van der Waals surface area contributed by atoms with Crippen molar-refractivity contribution in [1.82, 2.24) is 9.78 Å². The van der Waals surface area contributed by atoms with Gasteiger partial charge < -0.3 is 0 Å². The van der Waals surface area contributed by atoms with Gasteiger partial charge in [0.15, 0.2) is 5.15 Å². The molecule has 4 nitrogen and oxygen atoms in total. The van der Waals surface area contributed by atoms with Crippen molar-refractivity contribution in [3.63, 3.8) is 0 Å². The molecule has 8 heteroatoms. The number of hydrogen-bond donors (Lipinski definition) is 0. The van der Waals surface area contributed by atoms with Crippen LogP contribution in [0, 0.1) is 0 Å². The molecule has 0 unspecified atom stereocenters. The minimum Gasteiger partial charge on any atom is -0.220 e. The van der Waals surface area contributed by atoms with Crippen LogP contribution in [0.4, 0.5) is 0 Å². The zero-order valence-electron chi connectivity index (χ0n) is 9.77. The summed E-state index contributed by atoms with van der Waals surface area (Å²) in [6.07, 6.45) is 0.419. The van der Waals surface area contributed by atoms with E-state index in [0.717, 1.165) is 4.47 Å². The van der Waals surface area contributed by atoms with Gasteiger partial charge in [0.1, 0.15) is 4.90 Å². The SMILES string of the molecule is CCc1nn(-c2cccc(Br)c2)c(Cl)c1S(=O)(=O)Cl. The van der Waals surface area contributed by atoms with E-state index in [9.17, 15) is 8.42 Å². The van der Waals surface area contributed by atoms with E-state index in [2.05, 4.69) is 21.0 Å². The second-order valence-electron chi connectivity index (χ2n) is 3.75. The van der Waals surface area contributed by atoms with E-state index in [1.807, 2.05) is 6.07 Å². The van der Waals surface area contributed by atoms with Gasteiger partial charge in [-0.05, 0) is 24.6 Å². The molecule has 0 saturated heterocycles. The molecule has 102 valence electrons. The highest BCUT2D eigenvalue weighted by Crippen LogP contribution is 2.31. The zero-order chi connectivity index (χ0) is 14.2. The van der Waals surface area contributed by atoms with Crippen molar-refractivity contribution >= 4 is 47.3 Å². The summed E-state index contributed by atoms with van der Waals surface area (Å²) in [6.45, 7) is 1.79. The fourth-order valence-corrected chi connectivity index (χ4v) is 3.97. The molecule has 1 aromatic heterocycles. The third-order valence-corrected chi connectivity index (χ3v) is 4.82. The molecule has 0 amide bonds. The lowest BCUT2D eigenvalue weighted by Gasteiger charge is -2.03. The Hall–Kier alpha value is -0.560. The van der Waals surface area contributed by atoms with Crippen LogP contribution in [0.1, 0.15) is 12.6 Å². The molecule has 0 aliphatic carbocycles. The molecule has 0 saturated carbocycles. The Kier molecular flexibility index (Phi) is 4.25. The Morgan fingerprint density at radius 3 is 2.58 bits per heavy atom. The summed E-state index contributed by atoms with van der Waals surface area (Å²) in [7, 11) is 1.48. The summed E-state index contributed by atoms with van der Waals surface area (Å²) in [4.78, 5) is -0.127. The van der Waals surface area contributed by atoms with Crippen LogP contribution in [-0.4, -0.2) is 18.2 Å². The highest BCUT2D eigenvalue weighted by Gasteiger charge is 2.26. The van der Waals surface area contributed by atoms with Gasteiger partial charge in [0.25, 0.3) is 9.05 Å². The maximum atomic E-state index is 11.6. The third-order valence-electron chi connectivity index (χ3n) is 2.49. The number of aromatic nitrogens is 2. The molecule has 0 atom stereocenters. The summed E-state index contributed by atoms with van der Waals surface area (Å²) in [6, 6.07) is 7.20. The Morgan fingerprint density at radius 2 is 2.11 bits per heavy atom. The number of halogens is 3. The summed E-state index contributed by atoms with van der Waals surface area (Å²) < 4.78 is 25.3. The first-order valence-electron chi connectivity index (χ1n) is 5.32. The van der Waals surface area contributed by atoms with Crippen molar-refractivity contribution in [2.75, 3.05) is 0 Å². The Bertz CT molecular complexity index is 728. The van der Waals surface area contributed by atoms with Gasteiger partial charge >= 0.3 is 0 Å². The average Bonchev–Trinajstić information content (AvgIpc) is 2.66. The van der Waals surface area contributed by atoms with Crippen LogP contribution in [0.3, 0.4) is 0 Å². The lowest BCUT2D eigenvalue weighted by Crippen LogP contribution is -1.97. The average molecular weight is 384 g/mol. The van der Waals surface area contributed by atoms with Crippen molar-refractivity contribution in [2.24, 2.45) is 0 Å². The van der Waals surface area contributed by atoms with Gasteiger partial charge in [0, 0.05) is 15.2 Å². The fourth-order valence-electron chi connectivity index (χ4n) is 1.68. The third kappa shape index (κ3) is 2.97. The first-order chi connectivity index (χ1) is 8.84. The van der Waals surface area contributed by atoms with Gasteiger partial charge in [0.05, 0.1) is 11.4 Å². The van der Waals surface area contributed by atoms with Crippen LogP contribution < -0.4 is 0 Å². The molecular weight excluding hydrogens is 375 g/mol. The van der Waals surface area contributed by atoms with E-state index < -0.39 is 9.05 Å². The van der Waals surface area contributed by atoms with Gasteiger partial charge in [-0.2, -0.15) is 5.10 Å². The van der Waals surface area contributed by atoms with Crippen molar-refractivity contribution in [3.8, 4) is 5.69 Å². The van der Waals surface area contributed by atoms with Crippen LogP contribution in [0.25, 0.3) is 5.69 Å². The lowest BCUT2D eigenvalue weighted by molar-refractivity contribution is 0.608. The maximum absolute atomic E-state index is 11.6. The molecule has 0 N–H and O–H groups in total. The van der Waals surface area contributed by atoms with Crippen LogP contribution in [0.5, 0.6) is 0 Å². The Morgan fingerprint density at radius 1 is 1.42 bits per heavy atom. The number of benzene rings is 1. The van der Waals surface area contributed by atoms with Crippen molar-refractivity contribution in [2.45, 2.75) is 18.2 Å².